The molecule has 0 bridgehead atoms. The van der Waals surface area contributed by atoms with E-state index >= 15 is 0 Å². The Bertz CT molecular complexity index is 476. The molecule has 2 rings (SSSR count). The number of hydrogen-bond donors (Lipinski definition) is 1. The fourth-order valence-electron chi connectivity index (χ4n) is 2.89. The van der Waals surface area contributed by atoms with Crippen LogP contribution in [-0.2, 0) is 11.6 Å². The monoisotopic (exact) mass is 257 g/mol. The first-order valence-corrected chi connectivity index (χ1v) is 6.02. The van der Waals surface area contributed by atoms with Gasteiger partial charge in [0.25, 0.3) is 0 Å². The van der Waals surface area contributed by atoms with Gasteiger partial charge in [-0.3, -0.25) is 0 Å². The van der Waals surface area contributed by atoms with E-state index < -0.39 is 11.7 Å². The van der Waals surface area contributed by atoms with Crippen LogP contribution in [0.1, 0.15) is 37.0 Å². The molecule has 100 valence electrons. The Hall–Kier alpha value is -1.03. The van der Waals surface area contributed by atoms with E-state index in [9.17, 15) is 13.2 Å². The summed E-state index contributed by atoms with van der Waals surface area (Å²) in [5.41, 5.74) is 5.92. The van der Waals surface area contributed by atoms with E-state index in [1.807, 2.05) is 13.8 Å². The average molecular weight is 257 g/mol. The second kappa shape index (κ2) is 3.73. The van der Waals surface area contributed by atoms with Crippen LogP contribution in [0.15, 0.2) is 18.2 Å². The summed E-state index contributed by atoms with van der Waals surface area (Å²) < 4.78 is 38.7. The van der Waals surface area contributed by atoms with Crippen molar-refractivity contribution < 1.29 is 13.2 Å². The highest BCUT2D eigenvalue weighted by Gasteiger charge is 2.61. The molecule has 1 nitrogen and oxygen atoms in total. The second-order valence-corrected chi connectivity index (χ2v) is 5.87. The van der Waals surface area contributed by atoms with Crippen LogP contribution in [0.5, 0.6) is 0 Å². The SMILES string of the molecule is Cc1ccc(C2(CN)CC2(C)C)cc1C(F)(F)F. The summed E-state index contributed by atoms with van der Waals surface area (Å²) in [6.45, 7) is 5.97. The van der Waals surface area contributed by atoms with Crippen molar-refractivity contribution in [1.29, 1.82) is 0 Å². The maximum atomic E-state index is 12.9. The van der Waals surface area contributed by atoms with Crippen molar-refractivity contribution in [2.75, 3.05) is 6.54 Å². The molecule has 0 amide bonds. The third-order valence-corrected chi connectivity index (χ3v) is 4.36. The molecule has 0 heterocycles. The Balaban J connectivity index is 2.49. The molecule has 1 aromatic rings. The Morgan fingerprint density at radius 2 is 1.83 bits per heavy atom. The summed E-state index contributed by atoms with van der Waals surface area (Å²) in [7, 11) is 0. The predicted molar refractivity (Wildman–Crippen MR) is 65.3 cm³/mol. The van der Waals surface area contributed by atoms with Crippen LogP contribution in [0.4, 0.5) is 13.2 Å². The molecule has 1 unspecified atom stereocenters. The van der Waals surface area contributed by atoms with Gasteiger partial charge in [-0.1, -0.05) is 26.0 Å². The molecule has 0 spiro atoms. The minimum Gasteiger partial charge on any atom is -0.330 e. The molecule has 1 aliphatic rings. The van der Waals surface area contributed by atoms with Crippen molar-refractivity contribution in [1.82, 2.24) is 0 Å². The molecule has 1 aromatic carbocycles. The summed E-state index contributed by atoms with van der Waals surface area (Å²) in [5, 5.41) is 0. The lowest BCUT2D eigenvalue weighted by molar-refractivity contribution is -0.138. The normalized spacial score (nSPS) is 26.2. The molecule has 0 aromatic heterocycles. The Morgan fingerprint density at radius 3 is 2.22 bits per heavy atom. The van der Waals surface area contributed by atoms with E-state index in [2.05, 4.69) is 0 Å². The third-order valence-electron chi connectivity index (χ3n) is 4.36. The molecule has 1 atom stereocenters. The summed E-state index contributed by atoms with van der Waals surface area (Å²) in [6, 6.07) is 4.60. The first kappa shape index (κ1) is 13.4. The highest BCUT2D eigenvalue weighted by molar-refractivity contribution is 5.43. The molecule has 2 N–H and O–H groups in total. The smallest absolute Gasteiger partial charge is 0.330 e. The largest absolute Gasteiger partial charge is 0.416 e. The van der Waals surface area contributed by atoms with Gasteiger partial charge in [0.15, 0.2) is 0 Å². The van der Waals surface area contributed by atoms with Crippen molar-refractivity contribution in [2.24, 2.45) is 11.1 Å². The van der Waals surface area contributed by atoms with Crippen LogP contribution < -0.4 is 5.73 Å². The summed E-state index contributed by atoms with van der Waals surface area (Å²) in [5.74, 6) is 0. The van der Waals surface area contributed by atoms with Crippen LogP contribution in [0.2, 0.25) is 0 Å². The summed E-state index contributed by atoms with van der Waals surface area (Å²) in [6.07, 6.45) is -3.45. The molecule has 0 aliphatic heterocycles. The Morgan fingerprint density at radius 1 is 1.28 bits per heavy atom. The van der Waals surface area contributed by atoms with Gasteiger partial charge in [-0.2, -0.15) is 13.2 Å². The van der Waals surface area contributed by atoms with Gasteiger partial charge in [-0.25, -0.2) is 0 Å². The highest BCUT2D eigenvalue weighted by Crippen LogP contribution is 2.63. The fourth-order valence-corrected chi connectivity index (χ4v) is 2.89. The maximum Gasteiger partial charge on any atom is 0.416 e. The van der Waals surface area contributed by atoms with Gasteiger partial charge >= 0.3 is 6.18 Å². The minimum atomic E-state index is -4.30. The van der Waals surface area contributed by atoms with Crippen LogP contribution in [0, 0.1) is 12.3 Å². The first-order chi connectivity index (χ1) is 8.14. The van der Waals surface area contributed by atoms with Gasteiger partial charge in [0, 0.05) is 12.0 Å². The van der Waals surface area contributed by atoms with Crippen molar-refractivity contribution in [3.8, 4) is 0 Å². The summed E-state index contributed by atoms with van der Waals surface area (Å²) >= 11 is 0. The predicted octanol–water partition coefficient (Wildman–Crippen LogP) is 3.64. The number of rotatable bonds is 2. The molecule has 0 radical (unpaired) electrons. The van der Waals surface area contributed by atoms with E-state index in [0.717, 1.165) is 6.42 Å². The molecule has 1 aliphatic carbocycles. The van der Waals surface area contributed by atoms with Crippen LogP contribution in [0.3, 0.4) is 0 Å². The number of benzene rings is 1. The summed E-state index contributed by atoms with van der Waals surface area (Å²) in [4.78, 5) is 0. The lowest BCUT2D eigenvalue weighted by Gasteiger charge is -2.21. The Kier molecular flexibility index (Phi) is 2.78. The van der Waals surface area contributed by atoms with E-state index in [1.54, 1.807) is 12.1 Å². The van der Waals surface area contributed by atoms with E-state index in [4.69, 9.17) is 5.73 Å². The zero-order valence-corrected chi connectivity index (χ0v) is 10.9. The van der Waals surface area contributed by atoms with Crippen molar-refractivity contribution in [3.63, 3.8) is 0 Å². The Labute approximate surface area is 105 Å². The van der Waals surface area contributed by atoms with Crippen LogP contribution in [0.25, 0.3) is 0 Å². The van der Waals surface area contributed by atoms with Gasteiger partial charge < -0.3 is 5.73 Å². The van der Waals surface area contributed by atoms with E-state index in [1.165, 1.54) is 13.0 Å². The van der Waals surface area contributed by atoms with Crippen molar-refractivity contribution in [2.45, 2.75) is 38.8 Å². The van der Waals surface area contributed by atoms with Crippen LogP contribution >= 0.6 is 0 Å². The highest BCUT2D eigenvalue weighted by atomic mass is 19.4. The number of nitrogens with two attached hydrogens (primary N) is 1. The molecule has 1 fully saturated rings. The zero-order chi connectivity index (χ0) is 13.8. The lowest BCUT2D eigenvalue weighted by atomic mass is 9.86. The lowest BCUT2D eigenvalue weighted by Crippen LogP contribution is -2.26. The van der Waals surface area contributed by atoms with Crippen molar-refractivity contribution in [3.05, 3.63) is 34.9 Å². The minimum absolute atomic E-state index is 0.0140. The van der Waals surface area contributed by atoms with Crippen LogP contribution in [-0.4, -0.2) is 6.54 Å². The number of hydrogen-bond acceptors (Lipinski definition) is 1. The third kappa shape index (κ3) is 1.83. The zero-order valence-electron chi connectivity index (χ0n) is 10.9. The number of aryl methyl sites for hydroxylation is 1. The second-order valence-electron chi connectivity index (χ2n) is 5.87. The molecule has 1 saturated carbocycles. The molecule has 18 heavy (non-hydrogen) atoms. The standard InChI is InChI=1S/C14H18F3N/c1-9-4-5-10(6-11(9)14(15,16)17)13(8-18)7-12(13,2)3/h4-6H,7-8,18H2,1-3H3. The fraction of sp³-hybridized carbons (Fsp3) is 0.571. The van der Waals surface area contributed by atoms with Gasteiger partial charge in [0.1, 0.15) is 0 Å². The maximum absolute atomic E-state index is 12.9. The topological polar surface area (TPSA) is 26.0 Å². The van der Waals surface area contributed by atoms with Gasteiger partial charge in [-0.15, -0.1) is 0 Å². The number of alkyl halides is 3. The quantitative estimate of drug-likeness (QED) is 0.860. The molecule has 0 saturated heterocycles. The van der Waals surface area contributed by atoms with Gasteiger partial charge in [-0.05, 0) is 36.0 Å². The molecular formula is C14H18F3N. The molecular weight excluding hydrogens is 239 g/mol. The van der Waals surface area contributed by atoms with Gasteiger partial charge in [0.2, 0.25) is 0 Å². The number of halogens is 3. The van der Waals surface area contributed by atoms with E-state index in [-0.39, 0.29) is 16.4 Å². The molecule has 4 heteroatoms. The van der Waals surface area contributed by atoms with Crippen molar-refractivity contribution >= 4 is 0 Å². The first-order valence-electron chi connectivity index (χ1n) is 6.02. The van der Waals surface area contributed by atoms with E-state index in [0.29, 0.717) is 12.1 Å². The van der Waals surface area contributed by atoms with Gasteiger partial charge in [0.05, 0.1) is 5.56 Å². The average Bonchev–Trinajstić information content (AvgIpc) is 2.81.